The number of anilines is 2. The van der Waals surface area contributed by atoms with E-state index in [0.29, 0.717) is 17.1 Å². The first-order valence-electron chi connectivity index (χ1n) is 6.62. The van der Waals surface area contributed by atoms with E-state index in [0.717, 1.165) is 5.56 Å². The van der Waals surface area contributed by atoms with Crippen molar-refractivity contribution in [3.63, 3.8) is 0 Å². The maximum absolute atomic E-state index is 12.3. The molecular formula is C14H14N7NaO2. The molecule has 0 bridgehead atoms. The van der Waals surface area contributed by atoms with Gasteiger partial charge in [-0.3, -0.25) is 10.1 Å². The van der Waals surface area contributed by atoms with Gasteiger partial charge in [-0.05, 0) is 17.3 Å². The van der Waals surface area contributed by atoms with Gasteiger partial charge >= 0.3 is 29.6 Å². The molecule has 0 aliphatic rings. The minimum absolute atomic E-state index is 0. The SMILES string of the molecule is COc1cc(C(=O)Nc2nn[nH]n2)nc(-c2cccc(N)c2)c1.[H-].[Na+]. The number of aromatic nitrogens is 5. The number of methoxy groups -OCH3 is 1. The summed E-state index contributed by atoms with van der Waals surface area (Å²) in [6.45, 7) is 0. The third-order valence-electron chi connectivity index (χ3n) is 3.02. The van der Waals surface area contributed by atoms with Crippen molar-refractivity contribution in [2.45, 2.75) is 0 Å². The number of aromatic amines is 1. The number of H-pyrrole nitrogens is 1. The normalized spacial score (nSPS) is 9.88. The van der Waals surface area contributed by atoms with Crippen molar-refractivity contribution >= 4 is 17.5 Å². The smallest absolute Gasteiger partial charge is 1.00 e. The number of carbonyl (C=O) groups is 1. The zero-order valence-corrected chi connectivity index (χ0v) is 15.1. The Bertz CT molecular complexity index is 845. The Labute approximate surface area is 160 Å². The van der Waals surface area contributed by atoms with Crippen molar-refractivity contribution in [2.24, 2.45) is 0 Å². The van der Waals surface area contributed by atoms with Gasteiger partial charge in [-0.1, -0.05) is 17.2 Å². The molecular weight excluding hydrogens is 321 g/mol. The molecule has 0 saturated carbocycles. The van der Waals surface area contributed by atoms with E-state index in [1.54, 1.807) is 18.2 Å². The van der Waals surface area contributed by atoms with Crippen LogP contribution in [0.1, 0.15) is 11.9 Å². The van der Waals surface area contributed by atoms with Crippen LogP contribution in [0.2, 0.25) is 0 Å². The quantitative estimate of drug-likeness (QED) is 0.379. The largest absolute Gasteiger partial charge is 1.00 e. The van der Waals surface area contributed by atoms with Gasteiger partial charge in [-0.15, -0.1) is 5.10 Å². The molecule has 0 atom stereocenters. The summed E-state index contributed by atoms with van der Waals surface area (Å²) in [5.74, 6) is 0.0799. The average Bonchev–Trinajstić information content (AvgIpc) is 3.07. The summed E-state index contributed by atoms with van der Waals surface area (Å²) in [4.78, 5) is 16.6. The number of benzene rings is 1. The van der Waals surface area contributed by atoms with E-state index in [9.17, 15) is 4.79 Å². The summed E-state index contributed by atoms with van der Waals surface area (Å²) in [7, 11) is 1.51. The Morgan fingerprint density at radius 3 is 2.83 bits per heavy atom. The monoisotopic (exact) mass is 335 g/mol. The summed E-state index contributed by atoms with van der Waals surface area (Å²) in [5.41, 5.74) is 7.89. The van der Waals surface area contributed by atoms with E-state index in [2.05, 4.69) is 30.9 Å². The van der Waals surface area contributed by atoms with Crippen molar-refractivity contribution in [3.05, 3.63) is 42.1 Å². The number of nitrogen functional groups attached to an aromatic ring is 1. The van der Waals surface area contributed by atoms with Gasteiger partial charge in [0.25, 0.3) is 11.9 Å². The fourth-order valence-corrected chi connectivity index (χ4v) is 1.97. The van der Waals surface area contributed by atoms with Crippen LogP contribution in [-0.4, -0.2) is 38.6 Å². The van der Waals surface area contributed by atoms with Gasteiger partial charge in [0.05, 0.1) is 12.8 Å². The molecule has 0 radical (unpaired) electrons. The van der Waals surface area contributed by atoms with Gasteiger partial charge in [-0.2, -0.15) is 5.21 Å². The van der Waals surface area contributed by atoms with Crippen LogP contribution < -0.4 is 45.3 Å². The molecule has 118 valence electrons. The zero-order valence-electron chi connectivity index (χ0n) is 14.1. The predicted octanol–water partition coefficient (Wildman–Crippen LogP) is -1.78. The first-order valence-corrected chi connectivity index (χ1v) is 6.62. The number of nitrogens with one attached hydrogen (secondary N) is 2. The summed E-state index contributed by atoms with van der Waals surface area (Å²) in [5, 5.41) is 15.4. The number of rotatable bonds is 4. The number of pyridine rings is 1. The van der Waals surface area contributed by atoms with Gasteiger partial charge in [0.15, 0.2) is 0 Å². The molecule has 0 aliphatic heterocycles. The molecule has 2 heterocycles. The molecule has 1 aromatic carbocycles. The standard InChI is InChI=1S/C14H13N7O2.Na.H/c1-23-10-6-11(8-3-2-4-9(15)5-8)16-12(7-10)13(22)17-14-18-20-21-19-14;;/h2-7H,15H2,1H3,(H2,17,18,19,20,21,22);;/q;+1;-1. The number of tetrazole rings is 1. The van der Waals surface area contributed by atoms with Gasteiger partial charge in [0, 0.05) is 23.4 Å². The number of ether oxygens (including phenoxy) is 1. The molecule has 10 heteroatoms. The second-order valence-electron chi connectivity index (χ2n) is 4.59. The maximum Gasteiger partial charge on any atom is 1.00 e. The van der Waals surface area contributed by atoms with Crippen LogP contribution in [0.5, 0.6) is 5.75 Å². The zero-order chi connectivity index (χ0) is 16.2. The maximum atomic E-state index is 12.3. The van der Waals surface area contributed by atoms with Crippen LogP contribution in [0.15, 0.2) is 36.4 Å². The summed E-state index contributed by atoms with van der Waals surface area (Å²) >= 11 is 0. The fourth-order valence-electron chi connectivity index (χ4n) is 1.97. The van der Waals surface area contributed by atoms with Gasteiger partial charge in [0.1, 0.15) is 11.4 Å². The molecule has 3 aromatic rings. The van der Waals surface area contributed by atoms with Crippen molar-refractivity contribution in [2.75, 3.05) is 18.2 Å². The molecule has 9 nitrogen and oxygen atoms in total. The van der Waals surface area contributed by atoms with Crippen molar-refractivity contribution in [1.82, 2.24) is 25.6 Å². The Balaban J connectivity index is 0.00000156. The van der Waals surface area contributed by atoms with E-state index in [-0.39, 0.29) is 42.6 Å². The van der Waals surface area contributed by atoms with Crippen LogP contribution >= 0.6 is 0 Å². The molecule has 3 rings (SSSR count). The summed E-state index contributed by atoms with van der Waals surface area (Å²) in [6.07, 6.45) is 0. The Kier molecular flexibility index (Phi) is 5.85. The number of nitrogens with two attached hydrogens (primary N) is 1. The van der Waals surface area contributed by atoms with Gasteiger partial charge in [0.2, 0.25) is 0 Å². The van der Waals surface area contributed by atoms with E-state index in [1.165, 1.54) is 13.2 Å². The molecule has 0 saturated heterocycles. The molecule has 4 N–H and O–H groups in total. The first-order chi connectivity index (χ1) is 11.2. The van der Waals surface area contributed by atoms with E-state index >= 15 is 0 Å². The number of nitrogens with zero attached hydrogens (tertiary/aromatic N) is 4. The predicted molar refractivity (Wildman–Crippen MR) is 83.9 cm³/mol. The third kappa shape index (κ3) is 4.07. The van der Waals surface area contributed by atoms with Crippen LogP contribution in [-0.2, 0) is 0 Å². The molecule has 0 fully saturated rings. The first kappa shape index (κ1) is 17.9. The molecule has 0 unspecified atom stereocenters. The molecule has 0 aliphatic carbocycles. The Hall–Kier alpha value is -2.49. The third-order valence-corrected chi connectivity index (χ3v) is 3.02. The number of carbonyl (C=O) groups excluding carboxylic acids is 1. The summed E-state index contributed by atoms with van der Waals surface area (Å²) in [6, 6.07) is 10.4. The van der Waals surface area contributed by atoms with Gasteiger partial charge in [-0.25, -0.2) is 4.98 Å². The van der Waals surface area contributed by atoms with E-state index < -0.39 is 5.91 Å². The van der Waals surface area contributed by atoms with Crippen molar-refractivity contribution < 1.29 is 40.5 Å². The van der Waals surface area contributed by atoms with Crippen molar-refractivity contribution in [1.29, 1.82) is 0 Å². The minimum Gasteiger partial charge on any atom is -1.00 e. The summed E-state index contributed by atoms with van der Waals surface area (Å²) < 4.78 is 5.23. The second-order valence-corrected chi connectivity index (χ2v) is 4.59. The molecule has 0 spiro atoms. The fraction of sp³-hybridized carbons (Fsp3) is 0.0714. The number of hydrogen-bond donors (Lipinski definition) is 3. The van der Waals surface area contributed by atoms with Crippen LogP contribution in [0, 0.1) is 0 Å². The van der Waals surface area contributed by atoms with Gasteiger partial charge < -0.3 is 11.9 Å². The van der Waals surface area contributed by atoms with E-state index in [4.69, 9.17) is 10.5 Å². The van der Waals surface area contributed by atoms with E-state index in [1.807, 2.05) is 12.1 Å². The minimum atomic E-state index is -0.476. The average molecular weight is 335 g/mol. The van der Waals surface area contributed by atoms with Crippen LogP contribution in [0.3, 0.4) is 0 Å². The topological polar surface area (TPSA) is 132 Å². The number of hydrogen-bond acceptors (Lipinski definition) is 7. The Morgan fingerprint density at radius 1 is 1.33 bits per heavy atom. The van der Waals surface area contributed by atoms with Crippen molar-refractivity contribution in [3.8, 4) is 17.0 Å². The molecule has 24 heavy (non-hydrogen) atoms. The molecule has 2 aromatic heterocycles. The Morgan fingerprint density at radius 2 is 2.17 bits per heavy atom. The molecule has 1 amide bonds. The number of amides is 1. The van der Waals surface area contributed by atoms with Crippen LogP contribution in [0.4, 0.5) is 11.6 Å². The second kappa shape index (κ2) is 7.86. The van der Waals surface area contributed by atoms with Crippen LogP contribution in [0.25, 0.3) is 11.3 Å².